The average molecular weight is 418 g/mol. The fourth-order valence-electron chi connectivity index (χ4n) is 1.38. The standard InChI is InChI=1S/C10H10FIN3O2S.ClH/c11-18(16,17)8-7-14-5-6-15(13-14)10-3-1-9(12)2-4-10;/h1-6H,7-8H2;1H/q+1;/p-1. The molecule has 0 fully saturated rings. The van der Waals surface area contributed by atoms with E-state index >= 15 is 0 Å². The molecule has 5 nitrogen and oxygen atoms in total. The van der Waals surface area contributed by atoms with Crippen LogP contribution >= 0.6 is 22.6 Å². The first-order valence-corrected chi connectivity index (χ1v) is 7.71. The van der Waals surface area contributed by atoms with Gasteiger partial charge in [0.15, 0.2) is 18.1 Å². The predicted octanol–water partition coefficient (Wildman–Crippen LogP) is -1.93. The van der Waals surface area contributed by atoms with E-state index in [9.17, 15) is 12.3 Å². The Kier molecular flexibility index (Phi) is 5.68. The van der Waals surface area contributed by atoms with Crippen LogP contribution in [0.1, 0.15) is 0 Å². The van der Waals surface area contributed by atoms with E-state index in [4.69, 9.17) is 0 Å². The van der Waals surface area contributed by atoms with E-state index in [1.165, 1.54) is 4.68 Å². The van der Waals surface area contributed by atoms with Gasteiger partial charge in [-0.3, -0.25) is 0 Å². The molecule has 9 heteroatoms. The molecule has 0 spiro atoms. The van der Waals surface area contributed by atoms with Gasteiger partial charge in [0.2, 0.25) is 0 Å². The Morgan fingerprint density at radius 1 is 1.32 bits per heavy atom. The molecule has 0 radical (unpaired) electrons. The van der Waals surface area contributed by atoms with Crippen LogP contribution in [0, 0.1) is 3.57 Å². The van der Waals surface area contributed by atoms with E-state index in [-0.39, 0.29) is 19.0 Å². The summed E-state index contributed by atoms with van der Waals surface area (Å²) in [5.41, 5.74) is 0.859. The minimum Gasteiger partial charge on any atom is -1.00 e. The van der Waals surface area contributed by atoms with Gasteiger partial charge in [-0.05, 0) is 46.9 Å². The summed E-state index contributed by atoms with van der Waals surface area (Å²) in [6.45, 7) is -0.00377. The molecule has 1 aromatic carbocycles. The van der Waals surface area contributed by atoms with Gasteiger partial charge in [0.1, 0.15) is 12.3 Å². The molecule has 1 aromatic heterocycles. The maximum Gasteiger partial charge on any atom is 0.306 e. The summed E-state index contributed by atoms with van der Waals surface area (Å²) < 4.78 is 37.3. The molecule has 0 aliphatic carbocycles. The van der Waals surface area contributed by atoms with Crippen molar-refractivity contribution >= 4 is 32.8 Å². The monoisotopic (exact) mass is 417 g/mol. The first-order valence-electron chi connectivity index (χ1n) is 5.08. The molecule has 0 unspecified atom stereocenters. The summed E-state index contributed by atoms with van der Waals surface area (Å²) in [6.07, 6.45) is 3.29. The van der Waals surface area contributed by atoms with E-state index in [0.717, 1.165) is 9.26 Å². The molecule has 0 atom stereocenters. The van der Waals surface area contributed by atoms with Crippen LogP contribution in [0.25, 0.3) is 5.69 Å². The Morgan fingerprint density at radius 2 is 1.95 bits per heavy atom. The minimum atomic E-state index is -4.45. The van der Waals surface area contributed by atoms with Gasteiger partial charge in [0.25, 0.3) is 0 Å². The summed E-state index contributed by atoms with van der Waals surface area (Å²) in [5.74, 6) is -0.568. The lowest BCUT2D eigenvalue weighted by Gasteiger charge is -1.93. The third-order valence-electron chi connectivity index (χ3n) is 2.25. The van der Waals surface area contributed by atoms with Crippen molar-refractivity contribution in [3.63, 3.8) is 0 Å². The zero-order valence-electron chi connectivity index (χ0n) is 9.58. The van der Waals surface area contributed by atoms with Gasteiger partial charge in [-0.25, -0.2) is 0 Å². The van der Waals surface area contributed by atoms with E-state index in [1.54, 1.807) is 17.1 Å². The van der Waals surface area contributed by atoms with Crippen molar-refractivity contribution < 1.29 is 29.4 Å². The average Bonchev–Trinajstić information content (AvgIpc) is 2.75. The van der Waals surface area contributed by atoms with E-state index in [2.05, 4.69) is 27.8 Å². The normalized spacial score (nSPS) is 11.1. The number of hydrogen-bond acceptors (Lipinski definition) is 3. The van der Waals surface area contributed by atoms with Crippen LogP contribution in [-0.2, 0) is 16.8 Å². The van der Waals surface area contributed by atoms with Gasteiger partial charge >= 0.3 is 10.2 Å². The van der Waals surface area contributed by atoms with Gasteiger partial charge in [-0.2, -0.15) is 8.42 Å². The predicted molar refractivity (Wildman–Crippen MR) is 71.4 cm³/mol. The van der Waals surface area contributed by atoms with Crippen molar-refractivity contribution in [1.29, 1.82) is 0 Å². The van der Waals surface area contributed by atoms with Crippen LogP contribution in [-0.4, -0.2) is 24.1 Å². The lowest BCUT2D eigenvalue weighted by atomic mass is 10.3. The molecule has 0 saturated carbocycles. The Labute approximate surface area is 130 Å². The zero-order valence-corrected chi connectivity index (χ0v) is 13.3. The van der Waals surface area contributed by atoms with Crippen molar-refractivity contribution in [3.8, 4) is 5.69 Å². The van der Waals surface area contributed by atoms with Crippen molar-refractivity contribution in [2.24, 2.45) is 0 Å². The summed E-state index contributed by atoms with van der Waals surface area (Å²) >= 11 is 2.20. The van der Waals surface area contributed by atoms with Crippen LogP contribution < -0.4 is 17.1 Å². The first-order chi connectivity index (χ1) is 8.44. The van der Waals surface area contributed by atoms with Crippen LogP contribution in [0.15, 0.2) is 36.7 Å². The maximum atomic E-state index is 12.4. The van der Waals surface area contributed by atoms with E-state index < -0.39 is 16.0 Å². The summed E-state index contributed by atoms with van der Waals surface area (Å²) in [7, 11) is -4.45. The molecule has 19 heavy (non-hydrogen) atoms. The maximum absolute atomic E-state index is 12.4. The molecule has 0 N–H and O–H groups in total. The lowest BCUT2D eigenvalue weighted by molar-refractivity contribution is -0.750. The number of aromatic nitrogens is 3. The largest absolute Gasteiger partial charge is 1.00 e. The summed E-state index contributed by atoms with van der Waals surface area (Å²) in [5, 5.41) is 4.11. The van der Waals surface area contributed by atoms with Gasteiger partial charge in [0.05, 0.1) is 5.21 Å². The van der Waals surface area contributed by atoms with E-state index in [0.29, 0.717) is 0 Å². The molecular formula is C10H10ClFIN3O2S. The van der Waals surface area contributed by atoms with Crippen LogP contribution in [0.3, 0.4) is 0 Å². The zero-order chi connectivity index (χ0) is 13.2. The van der Waals surface area contributed by atoms with Crippen molar-refractivity contribution in [3.05, 3.63) is 40.2 Å². The molecule has 0 saturated heterocycles. The quantitative estimate of drug-likeness (QED) is 0.331. The first kappa shape index (κ1) is 16.3. The molecule has 1 heterocycles. The highest BCUT2D eigenvalue weighted by atomic mass is 127. The molecule has 2 aromatic rings. The number of halogens is 3. The highest BCUT2D eigenvalue weighted by Gasteiger charge is 2.13. The second kappa shape index (κ2) is 6.62. The third kappa shape index (κ3) is 5.03. The van der Waals surface area contributed by atoms with Crippen molar-refractivity contribution in [1.82, 2.24) is 9.90 Å². The van der Waals surface area contributed by atoms with Crippen LogP contribution in [0.2, 0.25) is 0 Å². The second-order valence-corrected chi connectivity index (χ2v) is 6.35. The van der Waals surface area contributed by atoms with Gasteiger partial charge in [-0.1, -0.05) is 0 Å². The van der Waals surface area contributed by atoms with Gasteiger partial charge in [0, 0.05) is 3.57 Å². The molecule has 2 rings (SSSR count). The fraction of sp³-hybridized carbons (Fsp3) is 0.200. The minimum absolute atomic E-state index is 0. The third-order valence-corrected chi connectivity index (χ3v) is 3.64. The second-order valence-electron chi connectivity index (χ2n) is 3.61. The molecule has 0 amide bonds. The smallest absolute Gasteiger partial charge is 0.306 e. The SMILES string of the molecule is O=S(=O)(F)CC[n+]1ccn(-c2ccc(I)cc2)n1.[Cl-]. The molecule has 0 aliphatic rings. The van der Waals surface area contributed by atoms with Gasteiger partial charge in [-0.15, -0.1) is 13.2 Å². The Bertz CT molecular complexity index is 645. The molecule has 0 aliphatic heterocycles. The Hall–Kier alpha value is -0.740. The topological polar surface area (TPSA) is 55.8 Å². The number of benzene rings is 1. The van der Waals surface area contributed by atoms with Crippen molar-refractivity contribution in [2.75, 3.05) is 5.75 Å². The lowest BCUT2D eigenvalue weighted by Crippen LogP contribution is -3.00. The van der Waals surface area contributed by atoms with Gasteiger partial charge < -0.3 is 12.4 Å². The van der Waals surface area contributed by atoms with E-state index in [1.807, 2.05) is 24.3 Å². The number of nitrogens with zero attached hydrogens (tertiary/aromatic N) is 3. The Balaban J connectivity index is 0.00000180. The highest BCUT2D eigenvalue weighted by Crippen LogP contribution is 2.09. The number of rotatable bonds is 4. The van der Waals surface area contributed by atoms with Crippen molar-refractivity contribution in [2.45, 2.75) is 6.54 Å². The van der Waals surface area contributed by atoms with Crippen LogP contribution in [0.4, 0.5) is 3.89 Å². The Morgan fingerprint density at radius 3 is 2.53 bits per heavy atom. The molecule has 104 valence electrons. The van der Waals surface area contributed by atoms with Crippen LogP contribution in [0.5, 0.6) is 0 Å². The number of hydrogen-bond donors (Lipinski definition) is 0. The fourth-order valence-corrected chi connectivity index (χ4v) is 2.14. The molecular weight excluding hydrogens is 408 g/mol. The molecule has 0 bridgehead atoms. The number of aryl methyl sites for hydroxylation is 1. The summed E-state index contributed by atoms with van der Waals surface area (Å²) in [6, 6.07) is 7.66. The summed E-state index contributed by atoms with van der Waals surface area (Å²) in [4.78, 5) is 0. The highest BCUT2D eigenvalue weighted by molar-refractivity contribution is 14.1.